The molecule has 0 radical (unpaired) electrons. The molecule has 3 aromatic rings. The zero-order valence-electron chi connectivity index (χ0n) is 16.6. The Morgan fingerprint density at radius 2 is 1.00 bits per heavy atom. The largest absolute Gasteiger partial charge is 0.748 e. The molecule has 31 heavy (non-hydrogen) atoms. The van der Waals surface area contributed by atoms with Gasteiger partial charge in [0.05, 0.1) is 20.2 Å². The fourth-order valence-corrected chi connectivity index (χ4v) is 5.02. The molecule has 0 fully saturated rings. The van der Waals surface area contributed by atoms with Gasteiger partial charge in [0.2, 0.25) is 0 Å². The van der Waals surface area contributed by atoms with Crippen LogP contribution >= 0.6 is 11.3 Å². The van der Waals surface area contributed by atoms with Crippen LogP contribution in [-0.4, -0.2) is 37.4 Å². The molecule has 0 N–H and O–H groups in total. The molecule has 8 nitrogen and oxygen atoms in total. The van der Waals surface area contributed by atoms with Crippen LogP contribution in [0.4, 0.5) is 0 Å². The maximum Gasteiger partial charge on any atom is 0.169 e. The minimum absolute atomic E-state index is 0.277. The van der Waals surface area contributed by atoms with E-state index in [4.69, 9.17) is 0 Å². The Hall–Kier alpha value is -2.18. The van der Waals surface area contributed by atoms with E-state index < -0.39 is 20.2 Å². The minimum atomic E-state index is -4.18. The van der Waals surface area contributed by atoms with Gasteiger partial charge in [-0.3, -0.25) is 0 Å². The first-order valence-corrected chi connectivity index (χ1v) is 13.5. The predicted octanol–water partition coefficient (Wildman–Crippen LogP) is 1.53. The van der Waals surface area contributed by atoms with Crippen LogP contribution in [0.1, 0.15) is 12.8 Å². The molecule has 3 heterocycles. The van der Waals surface area contributed by atoms with Crippen LogP contribution in [0.25, 0.3) is 20.9 Å². The molecule has 0 aliphatic heterocycles. The third-order valence-corrected chi connectivity index (χ3v) is 7.34. The fraction of sp³-hybridized carbons (Fsp3) is 0.300. The van der Waals surface area contributed by atoms with E-state index in [-0.39, 0.29) is 24.3 Å². The summed E-state index contributed by atoms with van der Waals surface area (Å²) < 4.78 is 67.8. The Bertz CT molecular complexity index is 1120. The standard InChI is InChI=1S/C20H22N2O6S3/c23-30(24,25)15-1-9-21-11-5-17(6-12-21)19-3-4-20(29-19)18-7-13-22(14-8-18)10-2-16-31(26,27)28/h3-8,11-14H,1-2,9-10,15-16H2. The average molecular weight is 483 g/mol. The van der Waals surface area contributed by atoms with Gasteiger partial charge >= 0.3 is 0 Å². The molecule has 3 rings (SSSR count). The number of hydrogen-bond donors (Lipinski definition) is 0. The lowest BCUT2D eigenvalue weighted by molar-refractivity contribution is -0.696. The van der Waals surface area contributed by atoms with Crippen molar-refractivity contribution in [2.45, 2.75) is 25.9 Å². The van der Waals surface area contributed by atoms with E-state index in [9.17, 15) is 25.9 Å². The van der Waals surface area contributed by atoms with Crippen molar-refractivity contribution in [2.75, 3.05) is 11.5 Å². The van der Waals surface area contributed by atoms with Crippen LogP contribution in [0.2, 0.25) is 0 Å². The second-order valence-corrected chi connectivity index (χ2v) is 11.2. The lowest BCUT2D eigenvalue weighted by atomic mass is 10.2. The van der Waals surface area contributed by atoms with Gasteiger partial charge in [0, 0.05) is 69.5 Å². The van der Waals surface area contributed by atoms with Crippen LogP contribution in [0.15, 0.2) is 61.2 Å². The van der Waals surface area contributed by atoms with E-state index in [1.807, 2.05) is 70.3 Å². The van der Waals surface area contributed by atoms with Crippen molar-refractivity contribution in [1.29, 1.82) is 0 Å². The molecule has 0 bridgehead atoms. The van der Waals surface area contributed by atoms with Crippen LogP contribution in [-0.2, 0) is 33.3 Å². The van der Waals surface area contributed by atoms with Gasteiger partial charge in [0.15, 0.2) is 24.8 Å². The van der Waals surface area contributed by atoms with E-state index in [0.717, 1.165) is 20.9 Å². The zero-order valence-corrected chi connectivity index (χ0v) is 19.0. The van der Waals surface area contributed by atoms with Crippen molar-refractivity contribution < 1.29 is 35.1 Å². The molecule has 0 aromatic carbocycles. The van der Waals surface area contributed by atoms with Gasteiger partial charge in [-0.15, -0.1) is 11.3 Å². The molecule has 0 saturated carbocycles. The monoisotopic (exact) mass is 482 g/mol. The van der Waals surface area contributed by atoms with Gasteiger partial charge in [-0.1, -0.05) is 0 Å². The van der Waals surface area contributed by atoms with E-state index in [0.29, 0.717) is 13.1 Å². The van der Waals surface area contributed by atoms with Crippen molar-refractivity contribution in [3.63, 3.8) is 0 Å². The summed E-state index contributed by atoms with van der Waals surface area (Å²) in [5, 5.41) is 0. The summed E-state index contributed by atoms with van der Waals surface area (Å²) in [7, 11) is -8.36. The van der Waals surface area contributed by atoms with Gasteiger partial charge < -0.3 is 9.11 Å². The Balaban J connectivity index is 1.60. The van der Waals surface area contributed by atoms with Crippen LogP contribution < -0.4 is 9.13 Å². The van der Waals surface area contributed by atoms with Crippen molar-refractivity contribution >= 4 is 31.6 Å². The second-order valence-electron chi connectivity index (χ2n) is 7.04. The summed E-state index contributed by atoms with van der Waals surface area (Å²) in [6.45, 7) is 0.921. The Morgan fingerprint density at radius 1 is 0.645 bits per heavy atom. The quantitative estimate of drug-likeness (QED) is 0.319. The maximum atomic E-state index is 10.7. The summed E-state index contributed by atoms with van der Waals surface area (Å²) >= 11 is 1.63. The zero-order chi connectivity index (χ0) is 22.5. The lowest BCUT2D eigenvalue weighted by Gasteiger charge is -2.04. The number of rotatable bonds is 10. The molecule has 0 atom stereocenters. The average Bonchev–Trinajstić information content (AvgIpc) is 3.17. The topological polar surface area (TPSA) is 122 Å². The molecular formula is C20H22N2O6S3. The minimum Gasteiger partial charge on any atom is -0.748 e. The number of thiophene rings is 1. The molecule has 0 unspecified atom stereocenters. The number of nitrogens with zero attached hydrogens (tertiary/aromatic N) is 2. The number of pyridine rings is 2. The van der Waals surface area contributed by atoms with Crippen LogP contribution in [0.5, 0.6) is 0 Å². The molecule has 0 saturated heterocycles. The molecule has 0 aliphatic rings. The SMILES string of the molecule is O=S(=O)([O-])CCC[n+]1ccc(-c2ccc(-c3cc[n+](CCCS(=O)(=O)[O-])cc3)s2)cc1. The summed E-state index contributed by atoms with van der Waals surface area (Å²) in [4.78, 5) is 2.17. The van der Waals surface area contributed by atoms with Crippen molar-refractivity contribution in [3.05, 3.63) is 61.2 Å². The fourth-order valence-electron chi connectivity index (χ4n) is 3.04. The Labute approximate surface area is 185 Å². The van der Waals surface area contributed by atoms with Crippen LogP contribution in [0, 0.1) is 0 Å². The van der Waals surface area contributed by atoms with Gasteiger partial charge in [-0.25, -0.2) is 26.0 Å². The van der Waals surface area contributed by atoms with E-state index >= 15 is 0 Å². The highest BCUT2D eigenvalue weighted by Gasteiger charge is 2.10. The summed E-state index contributed by atoms with van der Waals surface area (Å²) in [6.07, 6.45) is 8.00. The number of aromatic nitrogens is 2. The molecule has 3 aromatic heterocycles. The van der Waals surface area contributed by atoms with Gasteiger partial charge in [-0.2, -0.15) is 0 Å². The number of hydrogen-bond acceptors (Lipinski definition) is 7. The molecule has 0 spiro atoms. The van der Waals surface area contributed by atoms with Gasteiger partial charge in [0.25, 0.3) is 0 Å². The van der Waals surface area contributed by atoms with Gasteiger partial charge in [0.1, 0.15) is 13.1 Å². The molecule has 0 amide bonds. The smallest absolute Gasteiger partial charge is 0.169 e. The van der Waals surface area contributed by atoms with Crippen molar-refractivity contribution in [1.82, 2.24) is 0 Å². The Morgan fingerprint density at radius 3 is 1.32 bits per heavy atom. The van der Waals surface area contributed by atoms with Crippen LogP contribution in [0.3, 0.4) is 0 Å². The highest BCUT2D eigenvalue weighted by molar-refractivity contribution is 7.85. The van der Waals surface area contributed by atoms with Crippen molar-refractivity contribution in [3.8, 4) is 20.9 Å². The summed E-state index contributed by atoms with van der Waals surface area (Å²) in [5.41, 5.74) is 2.07. The lowest BCUT2D eigenvalue weighted by Crippen LogP contribution is -2.33. The normalized spacial score (nSPS) is 12.2. The van der Waals surface area contributed by atoms with E-state index in [1.54, 1.807) is 11.3 Å². The predicted molar refractivity (Wildman–Crippen MR) is 114 cm³/mol. The van der Waals surface area contributed by atoms with E-state index in [2.05, 4.69) is 0 Å². The van der Waals surface area contributed by atoms with Gasteiger partial charge in [-0.05, 0) is 12.1 Å². The third kappa shape index (κ3) is 7.78. The highest BCUT2D eigenvalue weighted by Crippen LogP contribution is 2.33. The van der Waals surface area contributed by atoms with Crippen molar-refractivity contribution in [2.24, 2.45) is 0 Å². The molecule has 166 valence electrons. The van der Waals surface area contributed by atoms with E-state index in [1.165, 1.54) is 0 Å². The molecular weight excluding hydrogens is 460 g/mol. The first-order chi connectivity index (χ1) is 14.6. The first-order valence-electron chi connectivity index (χ1n) is 9.55. The number of aryl methyl sites for hydroxylation is 2. The Kier molecular flexibility index (Phi) is 7.55. The summed E-state index contributed by atoms with van der Waals surface area (Å²) in [5.74, 6) is -0.740. The first kappa shape index (κ1) is 23.5. The molecule has 0 aliphatic carbocycles. The summed E-state index contributed by atoms with van der Waals surface area (Å²) in [6, 6.07) is 11.9. The molecule has 11 heteroatoms. The maximum absolute atomic E-state index is 10.7. The highest BCUT2D eigenvalue weighted by atomic mass is 32.2. The third-order valence-electron chi connectivity index (χ3n) is 4.58. The second kappa shape index (κ2) is 9.96.